The molecule has 1 aliphatic heterocycles. The van der Waals surface area contributed by atoms with Crippen LogP contribution in [0.4, 0.5) is 5.69 Å². The largest absolute Gasteiger partial charge is 0.369 e. The normalized spacial score (nSPS) is 12.4. The summed E-state index contributed by atoms with van der Waals surface area (Å²) < 4.78 is 0.700. The molecule has 0 unspecified atom stereocenters. The molecule has 0 atom stereocenters. The molecule has 3 nitrogen and oxygen atoms in total. The highest BCUT2D eigenvalue weighted by molar-refractivity contribution is 8.24. The van der Waals surface area contributed by atoms with Crippen molar-refractivity contribution >= 4 is 64.0 Å². The maximum absolute atomic E-state index is 13.5. The molecule has 0 saturated carbocycles. The number of nitrogens with zero attached hydrogens (tertiary/aromatic N) is 1. The number of Topliss-reactive ketones (excluding diaryl/α,β-unsaturated/α-hetero) is 2. The van der Waals surface area contributed by atoms with Gasteiger partial charge in [-0.15, -0.1) is 23.2 Å². The monoisotopic (exact) mass is 513 g/mol. The average molecular weight is 514 g/mol. The van der Waals surface area contributed by atoms with Gasteiger partial charge in [0, 0.05) is 51.5 Å². The zero-order chi connectivity index (χ0) is 23.2. The van der Waals surface area contributed by atoms with Crippen LogP contribution in [0.2, 0.25) is 0 Å². The smallest absolute Gasteiger partial charge is 0.198 e. The number of benzene rings is 3. The minimum absolute atomic E-state index is 0.207. The van der Waals surface area contributed by atoms with Gasteiger partial charge in [-0.1, -0.05) is 84.2 Å². The molecule has 1 aliphatic rings. The van der Waals surface area contributed by atoms with Gasteiger partial charge in [0.15, 0.2) is 11.6 Å². The minimum Gasteiger partial charge on any atom is -0.369 e. The fourth-order valence-electron chi connectivity index (χ4n) is 3.51. The minimum atomic E-state index is -0.265. The Morgan fingerprint density at radius 3 is 1.73 bits per heavy atom. The van der Waals surface area contributed by atoms with E-state index in [-0.39, 0.29) is 17.1 Å². The van der Waals surface area contributed by atoms with Gasteiger partial charge in [0.2, 0.25) is 0 Å². The second-order valence-corrected chi connectivity index (χ2v) is 10.4. The third-order valence-electron chi connectivity index (χ3n) is 5.14. The number of allylic oxidation sites excluding steroid dienone is 1. The zero-order valence-corrected chi connectivity index (χ0v) is 20.8. The van der Waals surface area contributed by atoms with Gasteiger partial charge in [-0.2, -0.15) is 0 Å². The number of carbonyl (C=O) groups is 2. The van der Waals surface area contributed by atoms with Gasteiger partial charge >= 0.3 is 0 Å². The van der Waals surface area contributed by atoms with Crippen LogP contribution in [0.25, 0.3) is 0 Å². The standard InChI is InChI=1S/C26H21Cl2NO2S2/c27-13-15-29(16-14-28)20-11-12-21-22(17-20)33-26(32-21)23(24(30)18-7-3-1-4-8-18)25(31)19-9-5-2-6-10-19/h1-12,17H,13-16H2. The molecule has 1 heterocycles. The van der Waals surface area contributed by atoms with Crippen molar-refractivity contribution in [3.05, 3.63) is 99.8 Å². The van der Waals surface area contributed by atoms with E-state index in [0.717, 1.165) is 15.5 Å². The Labute approximate surface area is 212 Å². The van der Waals surface area contributed by atoms with Gasteiger partial charge in [0.05, 0.1) is 9.81 Å². The van der Waals surface area contributed by atoms with Gasteiger partial charge in [-0.05, 0) is 18.2 Å². The fraction of sp³-hybridized carbons (Fsp3) is 0.154. The quantitative estimate of drug-likeness (QED) is 0.0997. The third-order valence-corrected chi connectivity index (χ3v) is 8.02. The second kappa shape index (κ2) is 11.3. The van der Waals surface area contributed by atoms with Crippen LogP contribution in [-0.4, -0.2) is 36.4 Å². The molecule has 0 fully saturated rings. The first-order valence-electron chi connectivity index (χ1n) is 10.4. The number of carbonyl (C=O) groups excluding carboxylic acids is 2. The van der Waals surface area contributed by atoms with E-state index < -0.39 is 0 Å². The number of hydrogen-bond donors (Lipinski definition) is 0. The lowest BCUT2D eigenvalue weighted by Gasteiger charge is -2.23. The van der Waals surface area contributed by atoms with Crippen LogP contribution in [0.1, 0.15) is 20.7 Å². The predicted octanol–water partition coefficient (Wildman–Crippen LogP) is 7.15. The molecule has 0 saturated heterocycles. The number of ketones is 2. The van der Waals surface area contributed by atoms with E-state index in [0.29, 0.717) is 40.2 Å². The van der Waals surface area contributed by atoms with E-state index in [2.05, 4.69) is 11.0 Å². The van der Waals surface area contributed by atoms with Gasteiger partial charge in [-0.3, -0.25) is 9.59 Å². The lowest BCUT2D eigenvalue weighted by molar-refractivity contribution is 0.0962. The van der Waals surface area contributed by atoms with E-state index in [1.165, 1.54) is 23.5 Å². The molecule has 7 heteroatoms. The van der Waals surface area contributed by atoms with Crippen LogP contribution in [-0.2, 0) is 0 Å². The molecule has 3 aromatic rings. The number of halogens is 2. The lowest BCUT2D eigenvalue weighted by Crippen LogP contribution is -2.27. The Hall–Kier alpha value is -2.18. The number of thioether (sulfide) groups is 2. The molecule has 0 radical (unpaired) electrons. The van der Waals surface area contributed by atoms with E-state index in [9.17, 15) is 9.59 Å². The van der Waals surface area contributed by atoms with E-state index in [1.807, 2.05) is 24.3 Å². The topological polar surface area (TPSA) is 37.4 Å². The molecule has 0 aromatic heterocycles. The van der Waals surface area contributed by atoms with Crippen LogP contribution < -0.4 is 4.90 Å². The Balaban J connectivity index is 1.74. The van der Waals surface area contributed by atoms with Crippen molar-refractivity contribution in [1.82, 2.24) is 0 Å². The molecule has 0 spiro atoms. The molecule has 0 N–H and O–H groups in total. The SMILES string of the molecule is O=C(C(C(=O)c1ccccc1)=C1Sc2ccc(N(CCCl)CCCl)cc2S1)c1ccccc1. The number of alkyl halides is 2. The molecule has 0 aliphatic carbocycles. The Bertz CT molecular complexity index is 1120. The van der Waals surface area contributed by atoms with Crippen LogP contribution >= 0.6 is 46.7 Å². The van der Waals surface area contributed by atoms with E-state index >= 15 is 0 Å². The summed E-state index contributed by atoms with van der Waals surface area (Å²) >= 11 is 14.9. The van der Waals surface area contributed by atoms with Gasteiger partial charge in [0.25, 0.3) is 0 Å². The van der Waals surface area contributed by atoms with Crippen LogP contribution in [0.3, 0.4) is 0 Å². The second-order valence-electron chi connectivity index (χ2n) is 7.25. The third kappa shape index (κ3) is 5.49. The Morgan fingerprint density at radius 2 is 1.21 bits per heavy atom. The lowest BCUT2D eigenvalue weighted by atomic mass is 9.97. The molecular weight excluding hydrogens is 493 g/mol. The summed E-state index contributed by atoms with van der Waals surface area (Å²) in [6.45, 7) is 1.38. The molecular formula is C26H21Cl2NO2S2. The summed E-state index contributed by atoms with van der Waals surface area (Å²) in [6.07, 6.45) is 0. The first-order chi connectivity index (χ1) is 16.1. The summed E-state index contributed by atoms with van der Waals surface area (Å²) in [5.41, 5.74) is 2.23. The molecule has 33 heavy (non-hydrogen) atoms. The first-order valence-corrected chi connectivity index (χ1v) is 13.1. The zero-order valence-electron chi connectivity index (χ0n) is 17.7. The number of anilines is 1. The number of hydrogen-bond acceptors (Lipinski definition) is 5. The summed E-state index contributed by atoms with van der Waals surface area (Å²) in [4.78, 5) is 31.2. The molecule has 0 bridgehead atoms. The molecule has 168 valence electrons. The van der Waals surface area contributed by atoms with Crippen molar-refractivity contribution in [2.45, 2.75) is 9.79 Å². The van der Waals surface area contributed by atoms with E-state index in [4.69, 9.17) is 23.2 Å². The highest BCUT2D eigenvalue weighted by Crippen LogP contribution is 2.53. The van der Waals surface area contributed by atoms with Crippen LogP contribution in [0.15, 0.2) is 98.5 Å². The first kappa shape index (κ1) is 24.0. The highest BCUT2D eigenvalue weighted by Gasteiger charge is 2.30. The highest BCUT2D eigenvalue weighted by atomic mass is 35.5. The van der Waals surface area contributed by atoms with Crippen molar-refractivity contribution in [2.75, 3.05) is 29.7 Å². The van der Waals surface area contributed by atoms with Crippen LogP contribution in [0, 0.1) is 0 Å². The van der Waals surface area contributed by atoms with Crippen molar-refractivity contribution in [3.8, 4) is 0 Å². The maximum Gasteiger partial charge on any atom is 0.198 e. The van der Waals surface area contributed by atoms with Gasteiger partial charge < -0.3 is 4.90 Å². The Kier molecular flexibility index (Phi) is 8.20. The fourth-order valence-corrected chi connectivity index (χ4v) is 6.49. The van der Waals surface area contributed by atoms with Gasteiger partial charge in [-0.25, -0.2) is 0 Å². The van der Waals surface area contributed by atoms with E-state index in [1.54, 1.807) is 48.5 Å². The summed E-state index contributed by atoms with van der Waals surface area (Å²) in [7, 11) is 0. The van der Waals surface area contributed by atoms with Gasteiger partial charge in [0.1, 0.15) is 0 Å². The predicted molar refractivity (Wildman–Crippen MR) is 140 cm³/mol. The van der Waals surface area contributed by atoms with Crippen LogP contribution in [0.5, 0.6) is 0 Å². The molecule has 4 rings (SSSR count). The van der Waals surface area contributed by atoms with Crippen molar-refractivity contribution in [1.29, 1.82) is 0 Å². The molecule has 0 amide bonds. The average Bonchev–Trinajstić information content (AvgIpc) is 3.27. The summed E-state index contributed by atoms with van der Waals surface area (Å²) in [6, 6.07) is 24.0. The number of fused-ring (bicyclic) bond motifs is 1. The number of rotatable bonds is 9. The van der Waals surface area contributed by atoms with Crippen molar-refractivity contribution in [2.24, 2.45) is 0 Å². The van der Waals surface area contributed by atoms with Crippen molar-refractivity contribution < 1.29 is 9.59 Å². The summed E-state index contributed by atoms with van der Waals surface area (Å²) in [5.74, 6) is 0.474. The molecule has 3 aromatic carbocycles. The Morgan fingerprint density at radius 1 is 0.697 bits per heavy atom. The van der Waals surface area contributed by atoms with Crippen molar-refractivity contribution in [3.63, 3.8) is 0 Å². The maximum atomic E-state index is 13.5. The summed E-state index contributed by atoms with van der Waals surface area (Å²) in [5, 5.41) is 0.